The van der Waals surface area contributed by atoms with E-state index in [-0.39, 0.29) is 12.2 Å². The monoisotopic (exact) mass is 450 g/mol. The minimum atomic E-state index is -0.557. The first kappa shape index (κ1) is 23.3. The van der Waals surface area contributed by atoms with E-state index >= 15 is 0 Å². The van der Waals surface area contributed by atoms with E-state index in [9.17, 15) is 0 Å². The molecule has 0 spiro atoms. The highest BCUT2D eigenvalue weighted by Gasteiger charge is 2.47. The van der Waals surface area contributed by atoms with Gasteiger partial charge < -0.3 is 28.4 Å². The molecular formula is C27H30O6. The highest BCUT2D eigenvalue weighted by molar-refractivity contribution is 5.31. The lowest BCUT2D eigenvalue weighted by Crippen LogP contribution is -2.39. The Morgan fingerprint density at radius 2 is 1.21 bits per heavy atom. The Bertz CT molecular complexity index is 947. The molecule has 0 saturated carbocycles. The summed E-state index contributed by atoms with van der Waals surface area (Å²) in [7, 11) is 3.25. The fourth-order valence-electron chi connectivity index (χ4n) is 3.78. The van der Waals surface area contributed by atoms with E-state index in [1.165, 1.54) is 0 Å². The van der Waals surface area contributed by atoms with Crippen LogP contribution in [0.25, 0.3) is 0 Å². The largest absolute Gasteiger partial charge is 0.497 e. The van der Waals surface area contributed by atoms with Gasteiger partial charge in [-0.1, -0.05) is 60.7 Å². The van der Waals surface area contributed by atoms with E-state index in [1.54, 1.807) is 14.2 Å². The van der Waals surface area contributed by atoms with Crippen LogP contribution in [0, 0.1) is 0 Å². The van der Waals surface area contributed by atoms with E-state index in [1.807, 2.05) is 84.9 Å². The summed E-state index contributed by atoms with van der Waals surface area (Å²) in [5.41, 5.74) is 2.15. The van der Waals surface area contributed by atoms with Gasteiger partial charge in [0.2, 0.25) is 0 Å². The normalized spacial score (nSPS) is 22.2. The molecule has 0 amide bonds. The van der Waals surface area contributed by atoms with E-state index in [0.29, 0.717) is 19.8 Å². The van der Waals surface area contributed by atoms with Crippen LogP contribution in [-0.4, -0.2) is 45.4 Å². The van der Waals surface area contributed by atoms with Crippen LogP contribution in [0.2, 0.25) is 0 Å². The predicted molar refractivity (Wildman–Crippen MR) is 124 cm³/mol. The van der Waals surface area contributed by atoms with Gasteiger partial charge in [0.25, 0.3) is 0 Å². The van der Waals surface area contributed by atoms with E-state index in [2.05, 4.69) is 0 Å². The van der Waals surface area contributed by atoms with Gasteiger partial charge >= 0.3 is 0 Å². The Kier molecular flexibility index (Phi) is 8.33. The third kappa shape index (κ3) is 6.33. The van der Waals surface area contributed by atoms with Crippen LogP contribution < -0.4 is 9.47 Å². The zero-order chi connectivity index (χ0) is 22.9. The molecule has 33 heavy (non-hydrogen) atoms. The minimum absolute atomic E-state index is 0.302. The Balaban J connectivity index is 1.45. The second-order valence-electron chi connectivity index (χ2n) is 7.79. The highest BCUT2D eigenvalue weighted by Crippen LogP contribution is 2.30. The van der Waals surface area contributed by atoms with Crippen molar-refractivity contribution >= 4 is 0 Å². The molecule has 0 N–H and O–H groups in total. The van der Waals surface area contributed by atoms with Crippen molar-refractivity contribution in [2.24, 2.45) is 0 Å². The van der Waals surface area contributed by atoms with Crippen LogP contribution in [-0.2, 0) is 32.2 Å². The van der Waals surface area contributed by atoms with Crippen molar-refractivity contribution < 1.29 is 28.4 Å². The maximum Gasteiger partial charge on any atom is 0.186 e. The standard InChI is InChI=1S/C27H30O6/c1-28-22-13-15-23(16-14-22)30-19-24-25(31-17-20-9-5-3-6-10-20)26(27(29-2)33-24)32-18-21-11-7-4-8-12-21/h3-16,24-27H,17-19H2,1-2H3/t24-,25-,26-,27?/m1/s1. The molecule has 174 valence electrons. The predicted octanol–water partition coefficient (Wildman–Crippen LogP) is 4.62. The summed E-state index contributed by atoms with van der Waals surface area (Å²) in [5.74, 6) is 1.50. The molecule has 6 heteroatoms. The fraction of sp³-hybridized carbons (Fsp3) is 0.333. The van der Waals surface area contributed by atoms with Gasteiger partial charge in [0.05, 0.1) is 20.3 Å². The van der Waals surface area contributed by atoms with Crippen LogP contribution in [0.4, 0.5) is 0 Å². The molecule has 0 aromatic heterocycles. The van der Waals surface area contributed by atoms with Crippen LogP contribution in [0.1, 0.15) is 11.1 Å². The summed E-state index contributed by atoms with van der Waals surface area (Å²) in [5, 5.41) is 0. The van der Waals surface area contributed by atoms with Crippen molar-refractivity contribution in [1.29, 1.82) is 0 Å². The second-order valence-corrected chi connectivity index (χ2v) is 7.79. The minimum Gasteiger partial charge on any atom is -0.497 e. The second kappa shape index (κ2) is 11.8. The van der Waals surface area contributed by atoms with Gasteiger partial charge in [0.1, 0.15) is 36.4 Å². The lowest BCUT2D eigenvalue weighted by Gasteiger charge is -2.24. The van der Waals surface area contributed by atoms with Crippen molar-refractivity contribution in [2.75, 3.05) is 20.8 Å². The maximum absolute atomic E-state index is 6.33. The number of ether oxygens (including phenoxy) is 6. The van der Waals surface area contributed by atoms with E-state index < -0.39 is 12.4 Å². The van der Waals surface area contributed by atoms with Crippen molar-refractivity contribution in [3.05, 3.63) is 96.1 Å². The quantitative estimate of drug-likeness (QED) is 0.425. The summed E-state index contributed by atoms with van der Waals surface area (Å²) in [6.07, 6.45) is -1.68. The molecule has 6 nitrogen and oxygen atoms in total. The molecule has 0 bridgehead atoms. The van der Waals surface area contributed by atoms with E-state index in [4.69, 9.17) is 28.4 Å². The third-order valence-electron chi connectivity index (χ3n) is 5.54. The topological polar surface area (TPSA) is 55.4 Å². The average molecular weight is 451 g/mol. The van der Waals surface area contributed by atoms with Crippen molar-refractivity contribution in [3.63, 3.8) is 0 Å². The van der Waals surface area contributed by atoms with Gasteiger partial charge in [-0.05, 0) is 35.4 Å². The lowest BCUT2D eigenvalue weighted by molar-refractivity contribution is -0.168. The number of hydrogen-bond acceptors (Lipinski definition) is 6. The molecule has 0 radical (unpaired) electrons. The molecule has 3 aromatic rings. The Morgan fingerprint density at radius 1 is 0.667 bits per heavy atom. The molecule has 1 aliphatic rings. The van der Waals surface area contributed by atoms with Gasteiger partial charge in [-0.25, -0.2) is 0 Å². The van der Waals surface area contributed by atoms with Crippen molar-refractivity contribution in [2.45, 2.75) is 37.8 Å². The first-order valence-corrected chi connectivity index (χ1v) is 11.0. The lowest BCUT2D eigenvalue weighted by atomic mass is 10.1. The zero-order valence-corrected chi connectivity index (χ0v) is 19.0. The van der Waals surface area contributed by atoms with Gasteiger partial charge in [-0.3, -0.25) is 0 Å². The molecule has 1 fully saturated rings. The molecule has 3 aromatic carbocycles. The van der Waals surface area contributed by atoms with Gasteiger partial charge in [0, 0.05) is 7.11 Å². The molecule has 1 aliphatic heterocycles. The van der Waals surface area contributed by atoms with Crippen LogP contribution in [0.5, 0.6) is 11.5 Å². The Morgan fingerprint density at radius 3 is 1.76 bits per heavy atom. The van der Waals surface area contributed by atoms with Crippen molar-refractivity contribution in [3.8, 4) is 11.5 Å². The number of benzene rings is 3. The molecule has 4 rings (SSSR count). The van der Waals surface area contributed by atoms with Crippen LogP contribution >= 0.6 is 0 Å². The van der Waals surface area contributed by atoms with Gasteiger partial charge in [-0.15, -0.1) is 0 Å². The highest BCUT2D eigenvalue weighted by atomic mass is 16.7. The summed E-state index contributed by atoms with van der Waals surface area (Å²) in [4.78, 5) is 0. The maximum atomic E-state index is 6.33. The van der Waals surface area contributed by atoms with E-state index in [0.717, 1.165) is 22.6 Å². The molecule has 1 unspecified atom stereocenters. The first-order valence-electron chi connectivity index (χ1n) is 11.0. The summed E-state index contributed by atoms with van der Waals surface area (Å²) in [6.45, 7) is 1.18. The summed E-state index contributed by atoms with van der Waals surface area (Å²) < 4.78 is 35.6. The van der Waals surface area contributed by atoms with Crippen molar-refractivity contribution in [1.82, 2.24) is 0 Å². The average Bonchev–Trinajstić information content (AvgIpc) is 3.22. The number of rotatable bonds is 11. The summed E-state index contributed by atoms with van der Waals surface area (Å²) in [6, 6.07) is 27.5. The van der Waals surface area contributed by atoms with Gasteiger partial charge in [-0.2, -0.15) is 0 Å². The third-order valence-corrected chi connectivity index (χ3v) is 5.54. The number of hydrogen-bond donors (Lipinski definition) is 0. The molecule has 1 heterocycles. The summed E-state index contributed by atoms with van der Waals surface area (Å²) >= 11 is 0. The fourth-order valence-corrected chi connectivity index (χ4v) is 3.78. The SMILES string of the molecule is COc1ccc(OC[C@H]2OC(OC)[C@H](OCc3ccccc3)[C@@H]2OCc2ccccc2)cc1. The molecule has 0 aliphatic carbocycles. The molecule has 1 saturated heterocycles. The first-order chi connectivity index (χ1) is 16.3. The molecule has 4 atom stereocenters. The Hall–Kier alpha value is -2.90. The molecular weight excluding hydrogens is 420 g/mol. The van der Waals surface area contributed by atoms with Crippen LogP contribution in [0.15, 0.2) is 84.9 Å². The number of methoxy groups -OCH3 is 2. The van der Waals surface area contributed by atoms with Crippen LogP contribution in [0.3, 0.4) is 0 Å². The Labute approximate surface area is 195 Å². The smallest absolute Gasteiger partial charge is 0.186 e. The zero-order valence-electron chi connectivity index (χ0n) is 19.0. The van der Waals surface area contributed by atoms with Gasteiger partial charge in [0.15, 0.2) is 6.29 Å².